The van der Waals surface area contributed by atoms with E-state index in [4.69, 9.17) is 10.5 Å². The maximum Gasteiger partial charge on any atom is 0.119 e. The van der Waals surface area contributed by atoms with Gasteiger partial charge in [0.15, 0.2) is 0 Å². The van der Waals surface area contributed by atoms with Crippen molar-refractivity contribution in [2.24, 2.45) is 0 Å². The molecule has 4 nitrogen and oxygen atoms in total. The van der Waals surface area contributed by atoms with Crippen LogP contribution in [0.4, 0.5) is 5.69 Å². The molecule has 108 valence electrons. The highest BCUT2D eigenvalue weighted by Gasteiger charge is 2.23. The van der Waals surface area contributed by atoms with Gasteiger partial charge in [-0.1, -0.05) is 6.92 Å². The molecule has 0 spiro atoms. The molecule has 0 bridgehead atoms. The number of nitrogens with zero attached hydrogens (tertiary/aromatic N) is 1. The van der Waals surface area contributed by atoms with E-state index in [0.717, 1.165) is 12.2 Å². The predicted molar refractivity (Wildman–Crippen MR) is 79.4 cm³/mol. The second-order valence-electron chi connectivity index (χ2n) is 5.58. The molecule has 0 heterocycles. The van der Waals surface area contributed by atoms with Crippen LogP contribution in [-0.2, 0) is 0 Å². The number of nitrogen functional groups attached to an aromatic ring is 1. The molecule has 0 aliphatic heterocycles. The highest BCUT2D eigenvalue weighted by atomic mass is 16.5. The Morgan fingerprint density at radius 3 is 2.42 bits per heavy atom. The molecule has 1 unspecified atom stereocenters. The van der Waals surface area contributed by atoms with Crippen molar-refractivity contribution in [2.45, 2.75) is 38.8 Å². The number of aliphatic hydroxyl groups excluding tert-OH is 1. The van der Waals surface area contributed by atoms with Gasteiger partial charge in [0.05, 0.1) is 0 Å². The number of hydrogen-bond donors (Lipinski definition) is 2. The third-order valence-electron chi connectivity index (χ3n) is 3.71. The van der Waals surface area contributed by atoms with Gasteiger partial charge in [0.1, 0.15) is 18.5 Å². The van der Waals surface area contributed by atoms with Crippen molar-refractivity contribution in [3.8, 4) is 5.75 Å². The largest absolute Gasteiger partial charge is 0.491 e. The topological polar surface area (TPSA) is 58.7 Å². The van der Waals surface area contributed by atoms with E-state index < -0.39 is 6.10 Å². The number of β-amino-alcohol motifs (C(OH)–C–C–N with tert-alkyl or cyclic N) is 1. The summed E-state index contributed by atoms with van der Waals surface area (Å²) in [5.74, 6) is 0.727. The first-order chi connectivity index (χ1) is 8.85. The Morgan fingerprint density at radius 2 is 1.89 bits per heavy atom. The molecule has 4 heteroatoms. The summed E-state index contributed by atoms with van der Waals surface area (Å²) in [6.45, 7) is 7.36. The van der Waals surface area contributed by atoms with Crippen LogP contribution in [0.3, 0.4) is 0 Å². The molecule has 1 rings (SSSR count). The van der Waals surface area contributed by atoms with Crippen LogP contribution in [-0.4, -0.2) is 41.8 Å². The van der Waals surface area contributed by atoms with Crippen molar-refractivity contribution in [1.29, 1.82) is 0 Å². The van der Waals surface area contributed by atoms with Crippen molar-refractivity contribution >= 4 is 5.69 Å². The van der Waals surface area contributed by atoms with Crippen molar-refractivity contribution in [2.75, 3.05) is 25.9 Å². The van der Waals surface area contributed by atoms with Gasteiger partial charge in [-0.3, -0.25) is 4.90 Å². The minimum Gasteiger partial charge on any atom is -0.491 e. The summed E-state index contributed by atoms with van der Waals surface area (Å²) in [4.78, 5) is 2.16. The van der Waals surface area contributed by atoms with E-state index in [2.05, 4.69) is 25.7 Å². The molecule has 0 saturated heterocycles. The number of nitrogens with two attached hydrogens (primary N) is 1. The van der Waals surface area contributed by atoms with Crippen LogP contribution in [0.1, 0.15) is 27.2 Å². The molecule has 1 aromatic rings. The second-order valence-corrected chi connectivity index (χ2v) is 5.58. The number of anilines is 1. The minimum atomic E-state index is -0.506. The lowest BCUT2D eigenvalue weighted by atomic mass is 10.00. The fourth-order valence-corrected chi connectivity index (χ4v) is 1.64. The average Bonchev–Trinajstić information content (AvgIpc) is 2.38. The van der Waals surface area contributed by atoms with E-state index >= 15 is 0 Å². The first-order valence-corrected chi connectivity index (χ1v) is 6.73. The van der Waals surface area contributed by atoms with Crippen LogP contribution in [0.25, 0.3) is 0 Å². The van der Waals surface area contributed by atoms with Crippen LogP contribution in [0.5, 0.6) is 5.75 Å². The highest BCUT2D eigenvalue weighted by molar-refractivity contribution is 5.41. The zero-order chi connectivity index (χ0) is 14.5. The number of hydrogen-bond acceptors (Lipinski definition) is 4. The van der Waals surface area contributed by atoms with Gasteiger partial charge in [-0.2, -0.15) is 0 Å². The van der Waals surface area contributed by atoms with Crippen molar-refractivity contribution in [3.05, 3.63) is 24.3 Å². The smallest absolute Gasteiger partial charge is 0.119 e. The Hall–Kier alpha value is -1.26. The summed E-state index contributed by atoms with van der Waals surface area (Å²) in [5, 5.41) is 10.0. The maximum atomic E-state index is 10.0. The highest BCUT2D eigenvalue weighted by Crippen LogP contribution is 2.17. The van der Waals surface area contributed by atoms with E-state index in [0.29, 0.717) is 12.2 Å². The third-order valence-corrected chi connectivity index (χ3v) is 3.71. The molecule has 0 amide bonds. The van der Waals surface area contributed by atoms with Gasteiger partial charge in [-0.05, 0) is 51.6 Å². The van der Waals surface area contributed by atoms with Crippen LogP contribution in [0.15, 0.2) is 24.3 Å². The lowest BCUT2D eigenvalue weighted by Gasteiger charge is -2.36. The summed E-state index contributed by atoms with van der Waals surface area (Å²) < 4.78 is 5.54. The maximum absolute atomic E-state index is 10.0. The van der Waals surface area contributed by atoms with Crippen molar-refractivity contribution < 1.29 is 9.84 Å². The zero-order valence-corrected chi connectivity index (χ0v) is 12.4. The van der Waals surface area contributed by atoms with E-state index in [1.165, 1.54) is 0 Å². The molecule has 0 aliphatic rings. The van der Waals surface area contributed by atoms with E-state index in [1.807, 2.05) is 19.2 Å². The number of likely N-dealkylation sites (N-methyl/N-ethyl adjacent to an activating group) is 1. The van der Waals surface area contributed by atoms with Gasteiger partial charge < -0.3 is 15.6 Å². The second kappa shape index (κ2) is 6.78. The van der Waals surface area contributed by atoms with E-state index in [-0.39, 0.29) is 12.1 Å². The van der Waals surface area contributed by atoms with Crippen molar-refractivity contribution in [1.82, 2.24) is 4.90 Å². The van der Waals surface area contributed by atoms with Crippen molar-refractivity contribution in [3.63, 3.8) is 0 Å². The monoisotopic (exact) mass is 266 g/mol. The van der Waals surface area contributed by atoms with Gasteiger partial charge in [0.2, 0.25) is 0 Å². The number of benzene rings is 1. The lowest BCUT2D eigenvalue weighted by Crippen LogP contribution is -2.45. The quantitative estimate of drug-likeness (QED) is 0.742. The summed E-state index contributed by atoms with van der Waals surface area (Å²) in [6, 6.07) is 7.19. The average molecular weight is 266 g/mol. The summed E-state index contributed by atoms with van der Waals surface area (Å²) in [7, 11) is 2.02. The standard InChI is InChI=1S/C15H26N2O2/c1-5-15(2,3)17(4)10-13(18)11-19-14-8-6-12(16)7-9-14/h6-9,13,18H,5,10-11,16H2,1-4H3. The van der Waals surface area contributed by atoms with E-state index in [1.54, 1.807) is 12.1 Å². The Bertz CT molecular complexity index is 376. The van der Waals surface area contributed by atoms with Gasteiger partial charge in [-0.25, -0.2) is 0 Å². The summed E-state index contributed by atoms with van der Waals surface area (Å²) in [5.41, 5.74) is 6.39. The molecule has 3 N–H and O–H groups in total. The Labute approximate surface area is 116 Å². The molecule has 0 radical (unpaired) electrons. The number of ether oxygens (including phenoxy) is 1. The molecular formula is C15H26N2O2. The van der Waals surface area contributed by atoms with Crippen LogP contribution in [0.2, 0.25) is 0 Å². The van der Waals surface area contributed by atoms with E-state index in [9.17, 15) is 5.11 Å². The summed E-state index contributed by atoms with van der Waals surface area (Å²) >= 11 is 0. The molecule has 1 atom stereocenters. The Morgan fingerprint density at radius 1 is 1.32 bits per heavy atom. The van der Waals surface area contributed by atoms with Gasteiger partial charge >= 0.3 is 0 Å². The molecule has 1 aromatic carbocycles. The first kappa shape index (κ1) is 15.8. The Balaban J connectivity index is 2.39. The SMILES string of the molecule is CCC(C)(C)N(C)CC(O)COc1ccc(N)cc1. The molecule has 19 heavy (non-hydrogen) atoms. The summed E-state index contributed by atoms with van der Waals surface area (Å²) in [6.07, 6.45) is 0.531. The molecule has 0 saturated carbocycles. The minimum absolute atomic E-state index is 0.0855. The predicted octanol–water partition coefficient (Wildman–Crippen LogP) is 2.13. The van der Waals surface area contributed by atoms with Crippen LogP contribution < -0.4 is 10.5 Å². The third kappa shape index (κ3) is 5.09. The zero-order valence-electron chi connectivity index (χ0n) is 12.4. The van der Waals surface area contributed by atoms with Crippen LogP contribution in [0, 0.1) is 0 Å². The molecule has 0 aliphatic carbocycles. The molecule has 0 fully saturated rings. The molecule has 0 aromatic heterocycles. The van der Waals surface area contributed by atoms with Gasteiger partial charge in [-0.15, -0.1) is 0 Å². The Kier molecular flexibility index (Phi) is 5.63. The fraction of sp³-hybridized carbons (Fsp3) is 0.600. The fourth-order valence-electron chi connectivity index (χ4n) is 1.64. The normalized spacial score (nSPS) is 13.6. The first-order valence-electron chi connectivity index (χ1n) is 6.73. The van der Waals surface area contributed by atoms with Crippen LogP contribution >= 0.6 is 0 Å². The number of rotatable bonds is 7. The van der Waals surface area contributed by atoms with Gasteiger partial charge in [0.25, 0.3) is 0 Å². The molecular weight excluding hydrogens is 240 g/mol. The van der Waals surface area contributed by atoms with Gasteiger partial charge in [0, 0.05) is 17.8 Å². The lowest BCUT2D eigenvalue weighted by molar-refractivity contribution is 0.0407. The number of aliphatic hydroxyl groups is 1.